The van der Waals surface area contributed by atoms with E-state index in [9.17, 15) is 9.59 Å². The SMILES string of the molecule is COc1ccc(C(CNC(=O)CCc2c(C)nc(N3CCOCC3)[nH]c2=O)N(C)C)cc1. The summed E-state index contributed by atoms with van der Waals surface area (Å²) in [6.45, 7) is 4.93. The highest BCUT2D eigenvalue weighted by Crippen LogP contribution is 2.20. The van der Waals surface area contributed by atoms with E-state index in [4.69, 9.17) is 9.47 Å². The van der Waals surface area contributed by atoms with Crippen molar-refractivity contribution >= 4 is 11.9 Å². The number of nitrogens with one attached hydrogen (secondary N) is 2. The second-order valence-electron chi connectivity index (χ2n) is 8.11. The van der Waals surface area contributed by atoms with Crippen molar-refractivity contribution in [2.24, 2.45) is 0 Å². The molecule has 0 aliphatic carbocycles. The number of carbonyl (C=O) groups excluding carboxylic acids is 1. The van der Waals surface area contributed by atoms with Crippen molar-refractivity contribution in [1.29, 1.82) is 0 Å². The third kappa shape index (κ3) is 6.08. The van der Waals surface area contributed by atoms with Crippen molar-refractivity contribution < 1.29 is 14.3 Å². The Hall–Kier alpha value is -2.91. The Balaban J connectivity index is 1.57. The molecule has 2 N–H and O–H groups in total. The first-order valence-corrected chi connectivity index (χ1v) is 10.9. The van der Waals surface area contributed by atoms with E-state index in [1.807, 2.05) is 50.2 Å². The van der Waals surface area contributed by atoms with Gasteiger partial charge in [0.15, 0.2) is 0 Å². The van der Waals surface area contributed by atoms with Gasteiger partial charge in [0, 0.05) is 37.3 Å². The fourth-order valence-electron chi connectivity index (χ4n) is 3.78. The van der Waals surface area contributed by atoms with E-state index in [2.05, 4.69) is 20.2 Å². The van der Waals surface area contributed by atoms with E-state index in [0.29, 0.717) is 56.5 Å². The minimum Gasteiger partial charge on any atom is -0.497 e. The number of methoxy groups -OCH3 is 1. The van der Waals surface area contributed by atoms with Crippen molar-refractivity contribution in [3.8, 4) is 5.75 Å². The molecule has 1 atom stereocenters. The number of anilines is 1. The van der Waals surface area contributed by atoms with Crippen LogP contribution in [-0.4, -0.2) is 74.8 Å². The van der Waals surface area contributed by atoms with Crippen molar-refractivity contribution in [3.05, 3.63) is 51.4 Å². The zero-order valence-corrected chi connectivity index (χ0v) is 19.3. The molecule has 1 aromatic heterocycles. The van der Waals surface area contributed by atoms with Gasteiger partial charge >= 0.3 is 0 Å². The number of rotatable bonds is 9. The molecule has 0 radical (unpaired) electrons. The molecule has 0 bridgehead atoms. The number of morpholine rings is 1. The second kappa shape index (κ2) is 11.1. The van der Waals surface area contributed by atoms with Crippen molar-refractivity contribution in [3.63, 3.8) is 0 Å². The molecule has 1 aromatic carbocycles. The van der Waals surface area contributed by atoms with Crippen LogP contribution in [0, 0.1) is 6.92 Å². The number of nitrogens with zero attached hydrogens (tertiary/aromatic N) is 3. The van der Waals surface area contributed by atoms with Gasteiger partial charge in [-0.3, -0.25) is 14.6 Å². The van der Waals surface area contributed by atoms with Crippen LogP contribution in [0.3, 0.4) is 0 Å². The highest BCUT2D eigenvalue weighted by molar-refractivity contribution is 5.76. The Morgan fingerprint density at radius 3 is 2.56 bits per heavy atom. The molecule has 1 aliphatic rings. The smallest absolute Gasteiger partial charge is 0.255 e. The summed E-state index contributed by atoms with van der Waals surface area (Å²) in [4.78, 5) is 36.6. The molecule has 1 saturated heterocycles. The molecule has 3 rings (SSSR count). The first-order valence-electron chi connectivity index (χ1n) is 10.9. The second-order valence-corrected chi connectivity index (χ2v) is 8.11. The van der Waals surface area contributed by atoms with Crippen molar-refractivity contribution in [2.45, 2.75) is 25.8 Å². The third-order valence-electron chi connectivity index (χ3n) is 5.74. The van der Waals surface area contributed by atoms with Gasteiger partial charge in [-0.05, 0) is 45.1 Å². The van der Waals surface area contributed by atoms with E-state index in [1.165, 1.54) is 0 Å². The Morgan fingerprint density at radius 2 is 1.97 bits per heavy atom. The number of amides is 1. The number of aryl methyl sites for hydroxylation is 1. The number of carbonyl (C=O) groups is 1. The molecule has 174 valence electrons. The van der Waals surface area contributed by atoms with Gasteiger partial charge in [0.25, 0.3) is 5.56 Å². The molecule has 9 nitrogen and oxygen atoms in total. The number of likely N-dealkylation sites (N-methyl/N-ethyl adjacent to an activating group) is 1. The highest BCUT2D eigenvalue weighted by Gasteiger charge is 2.18. The van der Waals surface area contributed by atoms with Crippen LogP contribution in [-0.2, 0) is 16.0 Å². The maximum absolute atomic E-state index is 12.6. The summed E-state index contributed by atoms with van der Waals surface area (Å²) in [6.07, 6.45) is 0.573. The summed E-state index contributed by atoms with van der Waals surface area (Å²) < 4.78 is 10.6. The van der Waals surface area contributed by atoms with Gasteiger partial charge in [0.1, 0.15) is 5.75 Å². The summed E-state index contributed by atoms with van der Waals surface area (Å²) in [7, 11) is 5.59. The summed E-state index contributed by atoms with van der Waals surface area (Å²) in [5.41, 5.74) is 2.12. The van der Waals surface area contributed by atoms with Crippen LogP contribution in [0.5, 0.6) is 5.75 Å². The highest BCUT2D eigenvalue weighted by atomic mass is 16.5. The number of aromatic amines is 1. The van der Waals surface area contributed by atoms with Crippen molar-refractivity contribution in [2.75, 3.05) is 59.0 Å². The molecule has 1 unspecified atom stereocenters. The first-order chi connectivity index (χ1) is 15.4. The van der Waals surface area contributed by atoms with Crippen LogP contribution in [0.25, 0.3) is 0 Å². The molecule has 2 aromatic rings. The number of benzene rings is 1. The van der Waals surface area contributed by atoms with Gasteiger partial charge in [-0.15, -0.1) is 0 Å². The Labute approximate surface area is 188 Å². The Bertz CT molecular complexity index is 952. The van der Waals surface area contributed by atoms with Crippen LogP contribution in [0.1, 0.15) is 29.3 Å². The minimum atomic E-state index is -0.184. The third-order valence-corrected chi connectivity index (χ3v) is 5.74. The quantitative estimate of drug-likeness (QED) is 0.602. The van der Waals surface area contributed by atoms with Gasteiger partial charge in [0.2, 0.25) is 11.9 Å². The number of H-pyrrole nitrogens is 1. The predicted molar refractivity (Wildman–Crippen MR) is 123 cm³/mol. The van der Waals surface area contributed by atoms with E-state index in [-0.39, 0.29) is 23.9 Å². The van der Waals surface area contributed by atoms with Crippen LogP contribution in [0.2, 0.25) is 0 Å². The van der Waals surface area contributed by atoms with Crippen LogP contribution in [0.15, 0.2) is 29.1 Å². The lowest BCUT2D eigenvalue weighted by molar-refractivity contribution is -0.121. The van der Waals surface area contributed by atoms with Crippen LogP contribution >= 0.6 is 0 Å². The molecule has 9 heteroatoms. The zero-order chi connectivity index (χ0) is 23.1. The van der Waals surface area contributed by atoms with E-state index < -0.39 is 0 Å². The molecular weight excluding hydrogens is 410 g/mol. The average Bonchev–Trinajstić information content (AvgIpc) is 2.79. The van der Waals surface area contributed by atoms with Gasteiger partial charge in [-0.2, -0.15) is 0 Å². The maximum Gasteiger partial charge on any atom is 0.255 e. The van der Waals surface area contributed by atoms with Gasteiger partial charge < -0.3 is 24.6 Å². The van der Waals surface area contributed by atoms with Crippen LogP contribution in [0.4, 0.5) is 5.95 Å². The monoisotopic (exact) mass is 443 g/mol. The van der Waals surface area contributed by atoms with Crippen molar-refractivity contribution in [1.82, 2.24) is 20.2 Å². The Kier molecular flexibility index (Phi) is 8.24. The Morgan fingerprint density at radius 1 is 1.28 bits per heavy atom. The lowest BCUT2D eigenvalue weighted by Gasteiger charge is -2.27. The number of hydrogen-bond donors (Lipinski definition) is 2. The average molecular weight is 444 g/mol. The topological polar surface area (TPSA) is 99.8 Å². The molecule has 1 amide bonds. The lowest BCUT2D eigenvalue weighted by Crippen LogP contribution is -2.39. The first kappa shape index (κ1) is 23.7. The molecule has 1 aliphatic heterocycles. The van der Waals surface area contributed by atoms with E-state index in [0.717, 1.165) is 11.3 Å². The molecule has 1 fully saturated rings. The predicted octanol–water partition coefficient (Wildman–Crippen LogP) is 1.28. The fourth-order valence-corrected chi connectivity index (χ4v) is 3.78. The summed E-state index contributed by atoms with van der Waals surface area (Å²) in [6, 6.07) is 7.86. The summed E-state index contributed by atoms with van der Waals surface area (Å²) >= 11 is 0. The summed E-state index contributed by atoms with van der Waals surface area (Å²) in [5.74, 6) is 1.27. The zero-order valence-electron chi connectivity index (χ0n) is 19.3. The standard InChI is InChI=1S/C23H33N5O4/c1-16-19(22(30)26-23(25-16)28-11-13-32-14-12-28)9-10-21(29)24-15-20(27(2)3)17-5-7-18(31-4)8-6-17/h5-8,20H,9-15H2,1-4H3,(H,24,29)(H,25,26,30). The van der Waals surface area contributed by atoms with E-state index in [1.54, 1.807) is 7.11 Å². The van der Waals surface area contributed by atoms with Gasteiger partial charge in [-0.1, -0.05) is 12.1 Å². The van der Waals surface area contributed by atoms with Gasteiger partial charge in [0.05, 0.1) is 26.4 Å². The molecule has 0 spiro atoms. The van der Waals surface area contributed by atoms with Crippen LogP contribution < -0.4 is 20.5 Å². The maximum atomic E-state index is 12.6. The number of ether oxygens (including phenoxy) is 2. The number of hydrogen-bond acceptors (Lipinski definition) is 7. The largest absolute Gasteiger partial charge is 0.497 e. The molecule has 2 heterocycles. The molecular formula is C23H33N5O4. The molecule has 32 heavy (non-hydrogen) atoms. The normalized spacial score (nSPS) is 15.0. The van der Waals surface area contributed by atoms with Gasteiger partial charge in [-0.25, -0.2) is 4.98 Å². The summed E-state index contributed by atoms with van der Waals surface area (Å²) in [5, 5.41) is 3.00. The number of aromatic nitrogens is 2. The lowest BCUT2D eigenvalue weighted by atomic mass is 10.1. The van der Waals surface area contributed by atoms with E-state index >= 15 is 0 Å². The minimum absolute atomic E-state index is 0.0319. The molecule has 0 saturated carbocycles. The fraction of sp³-hybridized carbons (Fsp3) is 0.522.